The summed E-state index contributed by atoms with van der Waals surface area (Å²) in [5.41, 5.74) is 2.43. The van der Waals surface area contributed by atoms with Gasteiger partial charge in [0.2, 0.25) is 0 Å². The standard InChI is InChI=1S/C16H14N2OS2/c19-14(15-18-12-3-1-2-4-13(12)21-15)17-10-16(6-7-16)11-5-8-20-9-11/h1-5,8-9H,6-7,10H2,(H,17,19). The normalized spacial score (nSPS) is 16.0. The van der Waals surface area contributed by atoms with Gasteiger partial charge in [-0.05, 0) is 47.4 Å². The van der Waals surface area contributed by atoms with E-state index in [0.29, 0.717) is 11.6 Å². The number of aromatic nitrogens is 1. The number of carbonyl (C=O) groups excluding carboxylic acids is 1. The average molecular weight is 314 g/mol. The maximum Gasteiger partial charge on any atom is 0.280 e. The van der Waals surface area contributed by atoms with E-state index in [2.05, 4.69) is 27.1 Å². The van der Waals surface area contributed by atoms with Gasteiger partial charge >= 0.3 is 0 Å². The Kier molecular flexibility index (Phi) is 3.05. The van der Waals surface area contributed by atoms with E-state index in [0.717, 1.165) is 23.1 Å². The van der Waals surface area contributed by atoms with Crippen molar-refractivity contribution in [2.45, 2.75) is 18.3 Å². The second kappa shape index (κ2) is 4.93. The highest BCUT2D eigenvalue weighted by atomic mass is 32.1. The van der Waals surface area contributed by atoms with Crippen molar-refractivity contribution >= 4 is 38.8 Å². The number of rotatable bonds is 4. The zero-order valence-electron chi connectivity index (χ0n) is 11.3. The Bertz CT molecular complexity index is 755. The number of fused-ring (bicyclic) bond motifs is 1. The first-order chi connectivity index (χ1) is 10.3. The molecule has 0 aliphatic heterocycles. The molecule has 21 heavy (non-hydrogen) atoms. The van der Waals surface area contributed by atoms with Crippen LogP contribution in [-0.4, -0.2) is 17.4 Å². The molecule has 5 heteroatoms. The molecule has 1 aliphatic carbocycles. The summed E-state index contributed by atoms with van der Waals surface area (Å²) in [6, 6.07) is 10.0. The van der Waals surface area contributed by atoms with Crippen LogP contribution in [0.3, 0.4) is 0 Å². The van der Waals surface area contributed by atoms with Crippen LogP contribution in [0.1, 0.15) is 28.2 Å². The molecule has 106 valence electrons. The van der Waals surface area contributed by atoms with E-state index >= 15 is 0 Å². The van der Waals surface area contributed by atoms with Crippen LogP contribution in [0, 0.1) is 0 Å². The van der Waals surface area contributed by atoms with Crippen molar-refractivity contribution in [1.29, 1.82) is 0 Å². The largest absolute Gasteiger partial charge is 0.349 e. The number of thiophene rings is 1. The minimum Gasteiger partial charge on any atom is -0.349 e. The van der Waals surface area contributed by atoms with Gasteiger partial charge in [-0.2, -0.15) is 11.3 Å². The summed E-state index contributed by atoms with van der Waals surface area (Å²) in [6.07, 6.45) is 2.31. The summed E-state index contributed by atoms with van der Waals surface area (Å²) in [7, 11) is 0. The number of thiazole rings is 1. The molecule has 2 aromatic heterocycles. The lowest BCUT2D eigenvalue weighted by atomic mass is 9.99. The van der Waals surface area contributed by atoms with Crippen molar-refractivity contribution in [3.63, 3.8) is 0 Å². The highest BCUT2D eigenvalue weighted by molar-refractivity contribution is 7.20. The number of nitrogens with one attached hydrogen (secondary N) is 1. The number of benzene rings is 1. The van der Waals surface area contributed by atoms with Gasteiger partial charge in [-0.15, -0.1) is 11.3 Å². The Morgan fingerprint density at radius 2 is 2.14 bits per heavy atom. The Morgan fingerprint density at radius 3 is 2.86 bits per heavy atom. The molecule has 1 N–H and O–H groups in total. The van der Waals surface area contributed by atoms with Gasteiger partial charge in [0.25, 0.3) is 5.91 Å². The Labute approximate surface area is 130 Å². The van der Waals surface area contributed by atoms with Crippen LogP contribution in [0.15, 0.2) is 41.1 Å². The molecule has 0 radical (unpaired) electrons. The fourth-order valence-electron chi connectivity index (χ4n) is 2.58. The van der Waals surface area contributed by atoms with Crippen LogP contribution in [-0.2, 0) is 5.41 Å². The second-order valence-electron chi connectivity index (χ2n) is 5.46. The third-order valence-electron chi connectivity index (χ3n) is 4.06. The maximum atomic E-state index is 12.3. The van der Waals surface area contributed by atoms with Crippen LogP contribution < -0.4 is 5.32 Å². The van der Waals surface area contributed by atoms with Crippen molar-refractivity contribution < 1.29 is 4.79 Å². The topological polar surface area (TPSA) is 42.0 Å². The van der Waals surface area contributed by atoms with E-state index in [1.165, 1.54) is 16.9 Å². The molecular formula is C16H14N2OS2. The van der Waals surface area contributed by atoms with Crippen molar-refractivity contribution in [1.82, 2.24) is 10.3 Å². The van der Waals surface area contributed by atoms with E-state index < -0.39 is 0 Å². The molecule has 4 rings (SSSR count). The molecule has 0 atom stereocenters. The van der Waals surface area contributed by atoms with E-state index in [4.69, 9.17) is 0 Å². The molecule has 2 heterocycles. The molecule has 0 bridgehead atoms. The Balaban J connectivity index is 1.49. The average Bonchev–Trinajstić information content (AvgIpc) is 2.95. The summed E-state index contributed by atoms with van der Waals surface area (Å²) in [6.45, 7) is 0.707. The van der Waals surface area contributed by atoms with Gasteiger partial charge in [0, 0.05) is 12.0 Å². The summed E-state index contributed by atoms with van der Waals surface area (Å²) in [5, 5.41) is 7.91. The zero-order chi connectivity index (χ0) is 14.3. The molecular weight excluding hydrogens is 300 g/mol. The van der Waals surface area contributed by atoms with Crippen molar-refractivity contribution in [3.05, 3.63) is 51.7 Å². The van der Waals surface area contributed by atoms with E-state index in [1.54, 1.807) is 11.3 Å². The first-order valence-electron chi connectivity index (χ1n) is 6.93. The summed E-state index contributed by atoms with van der Waals surface area (Å²) in [5.74, 6) is -0.0577. The quantitative estimate of drug-likeness (QED) is 0.795. The van der Waals surface area contributed by atoms with Crippen LogP contribution in [0.5, 0.6) is 0 Å². The molecule has 1 aliphatic rings. The number of nitrogens with zero attached hydrogens (tertiary/aromatic N) is 1. The number of carbonyl (C=O) groups is 1. The van der Waals surface area contributed by atoms with Crippen molar-refractivity contribution in [2.75, 3.05) is 6.54 Å². The lowest BCUT2D eigenvalue weighted by Crippen LogP contribution is -2.31. The molecule has 0 spiro atoms. The van der Waals surface area contributed by atoms with Gasteiger partial charge in [-0.1, -0.05) is 12.1 Å². The van der Waals surface area contributed by atoms with E-state index in [9.17, 15) is 4.79 Å². The molecule has 1 saturated carbocycles. The van der Waals surface area contributed by atoms with Crippen LogP contribution in [0.4, 0.5) is 0 Å². The smallest absolute Gasteiger partial charge is 0.280 e. The minimum absolute atomic E-state index is 0.0577. The monoisotopic (exact) mass is 314 g/mol. The molecule has 0 unspecified atom stereocenters. The third kappa shape index (κ3) is 2.36. The minimum atomic E-state index is -0.0577. The Morgan fingerprint density at radius 1 is 1.29 bits per heavy atom. The first-order valence-corrected chi connectivity index (χ1v) is 8.69. The Hall–Kier alpha value is -1.72. The lowest BCUT2D eigenvalue weighted by Gasteiger charge is -2.13. The molecule has 1 aromatic carbocycles. The third-order valence-corrected chi connectivity index (χ3v) is 5.78. The number of hydrogen-bond donors (Lipinski definition) is 1. The van der Waals surface area contributed by atoms with Gasteiger partial charge < -0.3 is 5.32 Å². The van der Waals surface area contributed by atoms with Gasteiger partial charge in [0.15, 0.2) is 5.01 Å². The van der Waals surface area contributed by atoms with E-state index in [-0.39, 0.29) is 11.3 Å². The van der Waals surface area contributed by atoms with Crippen LogP contribution >= 0.6 is 22.7 Å². The molecule has 1 amide bonds. The highest BCUT2D eigenvalue weighted by Gasteiger charge is 2.44. The molecule has 0 saturated heterocycles. The summed E-state index contributed by atoms with van der Waals surface area (Å²) in [4.78, 5) is 16.7. The van der Waals surface area contributed by atoms with Gasteiger partial charge in [-0.3, -0.25) is 4.79 Å². The molecule has 3 aromatic rings. The maximum absolute atomic E-state index is 12.3. The number of amides is 1. The fourth-order valence-corrected chi connectivity index (χ4v) is 4.24. The van der Waals surface area contributed by atoms with E-state index in [1.807, 2.05) is 24.3 Å². The predicted octanol–water partition coefficient (Wildman–Crippen LogP) is 3.82. The fraction of sp³-hybridized carbons (Fsp3) is 0.250. The molecule has 1 fully saturated rings. The van der Waals surface area contributed by atoms with Gasteiger partial charge in [-0.25, -0.2) is 4.98 Å². The van der Waals surface area contributed by atoms with Crippen LogP contribution in [0.25, 0.3) is 10.2 Å². The van der Waals surface area contributed by atoms with Gasteiger partial charge in [0.1, 0.15) is 0 Å². The summed E-state index contributed by atoms with van der Waals surface area (Å²) >= 11 is 3.17. The van der Waals surface area contributed by atoms with Crippen molar-refractivity contribution in [3.8, 4) is 0 Å². The lowest BCUT2D eigenvalue weighted by molar-refractivity contribution is 0.0949. The zero-order valence-corrected chi connectivity index (χ0v) is 13.0. The van der Waals surface area contributed by atoms with Crippen molar-refractivity contribution in [2.24, 2.45) is 0 Å². The highest BCUT2D eigenvalue weighted by Crippen LogP contribution is 2.48. The first kappa shape index (κ1) is 13.0. The number of para-hydroxylation sites is 1. The summed E-state index contributed by atoms with van der Waals surface area (Å²) < 4.78 is 1.06. The SMILES string of the molecule is O=C(NCC1(c2ccsc2)CC1)c1nc2ccccc2s1. The van der Waals surface area contributed by atoms with Gasteiger partial charge in [0.05, 0.1) is 10.2 Å². The molecule has 3 nitrogen and oxygen atoms in total. The predicted molar refractivity (Wildman–Crippen MR) is 87.2 cm³/mol. The second-order valence-corrected chi connectivity index (χ2v) is 7.27. The van der Waals surface area contributed by atoms with Crippen LogP contribution in [0.2, 0.25) is 0 Å². The number of hydrogen-bond acceptors (Lipinski definition) is 4.